The smallest absolute Gasteiger partial charge is 0.273 e. The first-order chi connectivity index (χ1) is 15.7. The molecule has 2 unspecified atom stereocenters. The summed E-state index contributed by atoms with van der Waals surface area (Å²) in [6.07, 6.45) is 3.02. The number of H-pyrrole nitrogens is 1. The maximum atomic E-state index is 13.4. The minimum Gasteiger partial charge on any atom is -0.494 e. The van der Waals surface area contributed by atoms with Crippen LogP contribution in [-0.4, -0.2) is 46.9 Å². The summed E-state index contributed by atoms with van der Waals surface area (Å²) in [5.74, 6) is 0.787. The fourth-order valence-electron chi connectivity index (χ4n) is 4.53. The molecule has 0 radical (unpaired) electrons. The second-order valence-electron chi connectivity index (χ2n) is 8.28. The van der Waals surface area contributed by atoms with Crippen molar-refractivity contribution < 1.29 is 14.3 Å². The van der Waals surface area contributed by atoms with E-state index in [4.69, 9.17) is 21.1 Å². The van der Waals surface area contributed by atoms with Gasteiger partial charge in [0.1, 0.15) is 11.4 Å². The average molecular weight is 452 g/mol. The first-order valence-corrected chi connectivity index (χ1v) is 11.5. The number of aromatic amines is 1. The van der Waals surface area contributed by atoms with Crippen LogP contribution < -0.4 is 4.74 Å². The molecule has 2 aliphatic heterocycles. The normalized spacial score (nSPS) is 20.1. The fourth-order valence-corrected chi connectivity index (χ4v) is 4.66. The molecule has 3 aromatic rings. The Kier molecular flexibility index (Phi) is 5.89. The van der Waals surface area contributed by atoms with Crippen molar-refractivity contribution in [2.24, 2.45) is 0 Å². The third kappa shape index (κ3) is 3.89. The molecule has 1 amide bonds. The number of nitrogens with zero attached hydrogens (tertiary/aromatic N) is 2. The van der Waals surface area contributed by atoms with Crippen LogP contribution >= 0.6 is 11.6 Å². The number of nitrogens with one attached hydrogen (secondary N) is 1. The Labute approximate surface area is 192 Å². The highest BCUT2D eigenvalue weighted by molar-refractivity contribution is 6.30. The van der Waals surface area contributed by atoms with Crippen molar-refractivity contribution in [1.29, 1.82) is 0 Å². The Bertz CT molecular complexity index is 1090. The van der Waals surface area contributed by atoms with E-state index in [-0.39, 0.29) is 18.1 Å². The third-order valence-corrected chi connectivity index (χ3v) is 6.33. The van der Waals surface area contributed by atoms with Crippen LogP contribution in [0.1, 0.15) is 53.8 Å². The summed E-state index contributed by atoms with van der Waals surface area (Å²) in [5, 5.41) is 8.18. The highest BCUT2D eigenvalue weighted by Crippen LogP contribution is 2.43. The minimum absolute atomic E-state index is 0.0421. The van der Waals surface area contributed by atoms with E-state index in [0.717, 1.165) is 54.0 Å². The van der Waals surface area contributed by atoms with Gasteiger partial charge in [-0.2, -0.15) is 5.10 Å². The molecule has 6 nitrogen and oxygen atoms in total. The highest BCUT2D eigenvalue weighted by atomic mass is 35.5. The summed E-state index contributed by atoms with van der Waals surface area (Å²) in [6.45, 7) is 4.07. The molecule has 1 N–H and O–H groups in total. The number of benzene rings is 2. The summed E-state index contributed by atoms with van der Waals surface area (Å²) >= 11 is 6.09. The number of rotatable bonds is 7. The lowest BCUT2D eigenvalue weighted by Gasteiger charge is -2.28. The van der Waals surface area contributed by atoms with E-state index in [9.17, 15) is 4.79 Å². The van der Waals surface area contributed by atoms with E-state index in [2.05, 4.69) is 17.1 Å². The SMILES string of the molecule is CCCOc1ccc(C2c3c(-c4ccc(Cl)cc4)n[nH]c3C(=O)N2CC2CCCO2)cc1. The summed E-state index contributed by atoms with van der Waals surface area (Å²) in [6, 6.07) is 15.3. The maximum Gasteiger partial charge on any atom is 0.273 e. The number of halogens is 1. The van der Waals surface area contributed by atoms with Crippen LogP contribution in [0.15, 0.2) is 48.5 Å². The summed E-state index contributed by atoms with van der Waals surface area (Å²) in [5.41, 5.74) is 4.17. The topological polar surface area (TPSA) is 67.5 Å². The van der Waals surface area contributed by atoms with Crippen molar-refractivity contribution >= 4 is 17.5 Å². The summed E-state index contributed by atoms with van der Waals surface area (Å²) in [4.78, 5) is 15.3. The molecule has 32 heavy (non-hydrogen) atoms. The van der Waals surface area contributed by atoms with Gasteiger partial charge in [-0.3, -0.25) is 9.89 Å². The average Bonchev–Trinajstić information content (AvgIpc) is 3.53. The first kappa shape index (κ1) is 21.0. The third-order valence-electron chi connectivity index (χ3n) is 6.07. The van der Waals surface area contributed by atoms with Gasteiger partial charge in [0, 0.05) is 29.3 Å². The molecule has 1 fully saturated rings. The standard InChI is InChI=1S/C25H26ClN3O3/c1-2-13-31-19-11-7-17(8-12-19)24-21-22(16-5-9-18(26)10-6-16)27-28-23(21)25(30)29(24)15-20-4-3-14-32-20/h5-12,20,24H,2-4,13-15H2,1H3,(H,27,28). The Balaban J connectivity index is 1.55. The maximum absolute atomic E-state index is 13.4. The second kappa shape index (κ2) is 8.96. The highest BCUT2D eigenvalue weighted by Gasteiger charge is 2.43. The van der Waals surface area contributed by atoms with E-state index in [1.54, 1.807) is 0 Å². The van der Waals surface area contributed by atoms with Crippen LogP contribution in [0.4, 0.5) is 0 Å². The Morgan fingerprint density at radius 3 is 2.66 bits per heavy atom. The van der Waals surface area contributed by atoms with Crippen LogP contribution in [0.2, 0.25) is 5.02 Å². The van der Waals surface area contributed by atoms with Gasteiger partial charge in [0.25, 0.3) is 5.91 Å². The van der Waals surface area contributed by atoms with Gasteiger partial charge in [0.15, 0.2) is 0 Å². The predicted octanol–water partition coefficient (Wildman–Crippen LogP) is 5.24. The number of hydrogen-bond donors (Lipinski definition) is 1. The molecule has 2 aromatic carbocycles. The molecule has 1 saturated heterocycles. The number of carbonyl (C=O) groups is 1. The van der Waals surface area contributed by atoms with Gasteiger partial charge in [0.2, 0.25) is 0 Å². The van der Waals surface area contributed by atoms with Gasteiger partial charge in [-0.05, 0) is 49.1 Å². The van der Waals surface area contributed by atoms with E-state index < -0.39 is 0 Å². The number of carbonyl (C=O) groups excluding carboxylic acids is 1. The molecule has 1 aromatic heterocycles. The lowest BCUT2D eigenvalue weighted by molar-refractivity contribution is 0.0495. The molecule has 5 rings (SSSR count). The second-order valence-corrected chi connectivity index (χ2v) is 8.72. The molecular weight excluding hydrogens is 426 g/mol. The van der Waals surface area contributed by atoms with Crippen LogP contribution in [0.25, 0.3) is 11.3 Å². The quantitative estimate of drug-likeness (QED) is 0.533. The minimum atomic E-state index is -0.244. The van der Waals surface area contributed by atoms with Crippen LogP contribution in [-0.2, 0) is 4.74 Å². The van der Waals surface area contributed by atoms with Crippen LogP contribution in [0.5, 0.6) is 5.75 Å². The Morgan fingerprint density at radius 1 is 1.19 bits per heavy atom. The number of amides is 1. The van der Waals surface area contributed by atoms with Crippen molar-refractivity contribution in [3.8, 4) is 17.0 Å². The molecule has 3 heterocycles. The molecule has 2 aliphatic rings. The van der Waals surface area contributed by atoms with E-state index in [0.29, 0.717) is 23.9 Å². The number of ether oxygens (including phenoxy) is 2. The van der Waals surface area contributed by atoms with Crippen molar-refractivity contribution in [2.45, 2.75) is 38.3 Å². The van der Waals surface area contributed by atoms with Gasteiger partial charge in [-0.25, -0.2) is 0 Å². The first-order valence-electron chi connectivity index (χ1n) is 11.1. The molecule has 0 bridgehead atoms. The number of aromatic nitrogens is 2. The van der Waals surface area contributed by atoms with Gasteiger partial charge in [-0.15, -0.1) is 0 Å². The molecule has 0 aliphatic carbocycles. The van der Waals surface area contributed by atoms with E-state index in [1.807, 2.05) is 53.4 Å². The van der Waals surface area contributed by atoms with Gasteiger partial charge in [-0.1, -0.05) is 42.8 Å². The van der Waals surface area contributed by atoms with E-state index in [1.165, 1.54) is 0 Å². The van der Waals surface area contributed by atoms with Gasteiger partial charge >= 0.3 is 0 Å². The van der Waals surface area contributed by atoms with Gasteiger partial charge in [0.05, 0.1) is 24.4 Å². The number of hydrogen-bond acceptors (Lipinski definition) is 4. The Morgan fingerprint density at radius 2 is 1.97 bits per heavy atom. The lowest BCUT2D eigenvalue weighted by Crippen LogP contribution is -2.36. The van der Waals surface area contributed by atoms with Crippen molar-refractivity contribution in [2.75, 3.05) is 19.8 Å². The zero-order valence-corrected chi connectivity index (χ0v) is 18.8. The summed E-state index contributed by atoms with van der Waals surface area (Å²) in [7, 11) is 0. The summed E-state index contributed by atoms with van der Waals surface area (Å²) < 4.78 is 11.6. The molecule has 0 spiro atoms. The molecule has 166 valence electrons. The zero-order chi connectivity index (χ0) is 22.1. The molecule has 2 atom stereocenters. The lowest BCUT2D eigenvalue weighted by atomic mass is 9.96. The van der Waals surface area contributed by atoms with Gasteiger partial charge < -0.3 is 14.4 Å². The Hall–Kier alpha value is -2.83. The van der Waals surface area contributed by atoms with Crippen molar-refractivity contribution in [3.63, 3.8) is 0 Å². The van der Waals surface area contributed by atoms with Crippen LogP contribution in [0, 0.1) is 0 Å². The van der Waals surface area contributed by atoms with Crippen molar-refractivity contribution in [3.05, 3.63) is 70.4 Å². The number of fused-ring (bicyclic) bond motifs is 1. The molecule has 7 heteroatoms. The zero-order valence-electron chi connectivity index (χ0n) is 18.0. The monoisotopic (exact) mass is 451 g/mol. The van der Waals surface area contributed by atoms with Crippen molar-refractivity contribution in [1.82, 2.24) is 15.1 Å². The molecule has 0 saturated carbocycles. The van der Waals surface area contributed by atoms with E-state index >= 15 is 0 Å². The fraction of sp³-hybridized carbons (Fsp3) is 0.360. The molecular formula is C25H26ClN3O3. The largest absolute Gasteiger partial charge is 0.494 e. The van der Waals surface area contributed by atoms with Crippen LogP contribution in [0.3, 0.4) is 0 Å². The predicted molar refractivity (Wildman–Crippen MR) is 123 cm³/mol.